The molecule has 94 valence electrons. The predicted molar refractivity (Wildman–Crippen MR) is 72.8 cm³/mol. The minimum absolute atomic E-state index is 0.482. The van der Waals surface area contributed by atoms with Crippen molar-refractivity contribution in [2.24, 2.45) is 0 Å². The number of aromatic nitrogens is 1. The van der Waals surface area contributed by atoms with Gasteiger partial charge in [0.1, 0.15) is 0 Å². The van der Waals surface area contributed by atoms with Crippen LogP contribution in [0.3, 0.4) is 0 Å². The highest BCUT2D eigenvalue weighted by molar-refractivity contribution is 6.70. The van der Waals surface area contributed by atoms with E-state index in [1.54, 1.807) is 0 Å². The molecule has 4 heteroatoms. The second-order valence-corrected chi connectivity index (χ2v) is 10.2. The zero-order chi connectivity index (χ0) is 12.5. The van der Waals surface area contributed by atoms with Gasteiger partial charge in [-0.15, -0.1) is 0 Å². The zero-order valence-electron chi connectivity index (χ0n) is 11.2. The van der Waals surface area contributed by atoms with Gasteiger partial charge in [-0.05, 0) is 52.1 Å². The SMILES string of the molecule is CN1CCC[C@H]1c1cccnc1O[Si](C)(C)C. The van der Waals surface area contributed by atoms with Crippen molar-refractivity contribution < 1.29 is 4.43 Å². The molecule has 0 aromatic carbocycles. The molecule has 0 saturated carbocycles. The van der Waals surface area contributed by atoms with Gasteiger partial charge in [0.2, 0.25) is 14.2 Å². The molecule has 0 unspecified atom stereocenters. The highest BCUT2D eigenvalue weighted by Crippen LogP contribution is 2.35. The Morgan fingerprint density at radius 2 is 2.18 bits per heavy atom. The van der Waals surface area contributed by atoms with Crippen molar-refractivity contribution >= 4 is 8.32 Å². The molecule has 3 nitrogen and oxygen atoms in total. The molecule has 1 fully saturated rings. The van der Waals surface area contributed by atoms with E-state index < -0.39 is 8.32 Å². The number of nitrogens with zero attached hydrogens (tertiary/aromatic N) is 2. The summed E-state index contributed by atoms with van der Waals surface area (Å²) in [4.78, 5) is 6.83. The maximum absolute atomic E-state index is 6.09. The quantitative estimate of drug-likeness (QED) is 0.771. The third-order valence-electron chi connectivity index (χ3n) is 3.08. The van der Waals surface area contributed by atoms with E-state index in [0.717, 1.165) is 5.88 Å². The zero-order valence-corrected chi connectivity index (χ0v) is 12.2. The van der Waals surface area contributed by atoms with Crippen molar-refractivity contribution in [3.05, 3.63) is 23.9 Å². The molecule has 1 aromatic rings. The largest absolute Gasteiger partial charge is 0.531 e. The Morgan fingerprint density at radius 1 is 1.41 bits per heavy atom. The summed E-state index contributed by atoms with van der Waals surface area (Å²) in [5, 5.41) is 0. The van der Waals surface area contributed by atoms with Crippen molar-refractivity contribution in [2.45, 2.75) is 38.5 Å². The fourth-order valence-corrected chi connectivity index (χ4v) is 3.09. The van der Waals surface area contributed by atoms with Crippen molar-refractivity contribution in [3.63, 3.8) is 0 Å². The van der Waals surface area contributed by atoms with Crippen molar-refractivity contribution in [3.8, 4) is 5.88 Å². The fourth-order valence-electron chi connectivity index (χ4n) is 2.34. The Morgan fingerprint density at radius 3 is 2.76 bits per heavy atom. The van der Waals surface area contributed by atoms with Crippen LogP contribution in [0, 0.1) is 0 Å². The second kappa shape index (κ2) is 4.78. The van der Waals surface area contributed by atoms with Crippen molar-refractivity contribution in [1.29, 1.82) is 0 Å². The summed E-state index contributed by atoms with van der Waals surface area (Å²) >= 11 is 0. The van der Waals surface area contributed by atoms with Crippen molar-refractivity contribution in [1.82, 2.24) is 9.88 Å². The van der Waals surface area contributed by atoms with Crippen LogP contribution in [0.4, 0.5) is 0 Å². The lowest BCUT2D eigenvalue weighted by molar-refractivity contribution is 0.311. The molecule has 0 amide bonds. The van der Waals surface area contributed by atoms with Gasteiger partial charge in [-0.3, -0.25) is 4.90 Å². The predicted octanol–water partition coefficient (Wildman–Crippen LogP) is 3.06. The molecule has 1 aliphatic rings. The van der Waals surface area contributed by atoms with Gasteiger partial charge in [0.25, 0.3) is 0 Å². The third-order valence-corrected chi connectivity index (χ3v) is 3.89. The van der Waals surface area contributed by atoms with Gasteiger partial charge < -0.3 is 4.43 Å². The lowest BCUT2D eigenvalue weighted by Crippen LogP contribution is -2.31. The molecule has 0 aliphatic carbocycles. The van der Waals surface area contributed by atoms with Crippen LogP contribution in [-0.2, 0) is 0 Å². The summed E-state index contributed by atoms with van der Waals surface area (Å²) in [6.45, 7) is 7.77. The molecule has 1 aromatic heterocycles. The Labute approximate surface area is 105 Å². The van der Waals surface area contributed by atoms with Gasteiger partial charge in [0, 0.05) is 17.8 Å². The molecular weight excluding hydrogens is 228 g/mol. The summed E-state index contributed by atoms with van der Waals surface area (Å²) in [6.07, 6.45) is 4.31. The molecule has 1 aliphatic heterocycles. The monoisotopic (exact) mass is 250 g/mol. The molecule has 2 rings (SSSR count). The van der Waals surface area contributed by atoms with Gasteiger partial charge >= 0.3 is 0 Å². The van der Waals surface area contributed by atoms with Crippen LogP contribution in [0.25, 0.3) is 0 Å². The molecule has 2 heterocycles. The van der Waals surface area contributed by atoms with E-state index in [1.165, 1.54) is 24.9 Å². The Kier molecular flexibility index (Phi) is 3.54. The number of pyridine rings is 1. The number of rotatable bonds is 3. The van der Waals surface area contributed by atoms with Crippen molar-refractivity contribution in [2.75, 3.05) is 13.6 Å². The number of likely N-dealkylation sites (tertiary alicyclic amines) is 1. The summed E-state index contributed by atoms with van der Waals surface area (Å²) in [7, 11) is 0.600. The van der Waals surface area contributed by atoms with Crippen LogP contribution in [0.15, 0.2) is 18.3 Å². The summed E-state index contributed by atoms with van der Waals surface area (Å²) in [6, 6.07) is 4.66. The maximum atomic E-state index is 6.09. The molecular formula is C13H22N2OSi. The molecule has 0 bridgehead atoms. The number of hydrogen-bond donors (Lipinski definition) is 0. The van der Waals surface area contributed by atoms with E-state index >= 15 is 0 Å². The van der Waals surface area contributed by atoms with Crippen LogP contribution in [-0.4, -0.2) is 31.8 Å². The highest BCUT2D eigenvalue weighted by atomic mass is 28.4. The van der Waals surface area contributed by atoms with Crippen LogP contribution in [0.5, 0.6) is 5.88 Å². The molecule has 1 saturated heterocycles. The Bertz CT molecular complexity index is 389. The smallest absolute Gasteiger partial charge is 0.244 e. The Balaban J connectivity index is 2.27. The van der Waals surface area contributed by atoms with Gasteiger partial charge in [0.15, 0.2) is 0 Å². The first-order valence-corrected chi connectivity index (χ1v) is 9.72. The van der Waals surface area contributed by atoms with E-state index in [1.807, 2.05) is 12.3 Å². The Hall–Kier alpha value is -0.873. The van der Waals surface area contributed by atoms with Crippen LogP contribution >= 0.6 is 0 Å². The maximum Gasteiger partial charge on any atom is 0.244 e. The first kappa shape index (κ1) is 12.6. The second-order valence-electron chi connectivity index (χ2n) is 5.75. The van der Waals surface area contributed by atoms with Crippen LogP contribution in [0.2, 0.25) is 19.6 Å². The molecule has 0 radical (unpaired) electrons. The summed E-state index contributed by atoms with van der Waals surface area (Å²) in [5.74, 6) is 0.852. The van der Waals surface area contributed by atoms with E-state index in [-0.39, 0.29) is 0 Å². The molecule has 1 atom stereocenters. The summed E-state index contributed by atoms with van der Waals surface area (Å²) in [5.41, 5.74) is 1.26. The van der Waals surface area contributed by atoms with E-state index in [2.05, 4.69) is 42.6 Å². The average molecular weight is 250 g/mol. The molecule has 0 spiro atoms. The first-order valence-electron chi connectivity index (χ1n) is 6.31. The van der Waals surface area contributed by atoms with Gasteiger partial charge in [-0.25, -0.2) is 4.98 Å². The van der Waals surface area contributed by atoms with Gasteiger partial charge in [0.05, 0.1) is 0 Å². The molecule has 0 N–H and O–H groups in total. The summed E-state index contributed by atoms with van der Waals surface area (Å²) < 4.78 is 6.09. The van der Waals surface area contributed by atoms with Crippen LogP contribution in [0.1, 0.15) is 24.4 Å². The van der Waals surface area contributed by atoms with Gasteiger partial charge in [-0.2, -0.15) is 0 Å². The lowest BCUT2D eigenvalue weighted by atomic mass is 10.1. The van der Waals surface area contributed by atoms with E-state index in [9.17, 15) is 0 Å². The lowest BCUT2D eigenvalue weighted by Gasteiger charge is -2.25. The fraction of sp³-hybridized carbons (Fsp3) is 0.615. The normalized spacial score (nSPS) is 21.8. The molecule has 17 heavy (non-hydrogen) atoms. The topological polar surface area (TPSA) is 25.4 Å². The third kappa shape index (κ3) is 3.07. The standard InChI is InChI=1S/C13H22N2OSi/c1-15-10-6-8-12(15)11-7-5-9-14-13(11)16-17(2,3)4/h5,7,9,12H,6,8,10H2,1-4H3/t12-/m0/s1. The minimum atomic E-state index is -1.58. The average Bonchev–Trinajstić information content (AvgIpc) is 2.63. The minimum Gasteiger partial charge on any atom is -0.531 e. The van der Waals surface area contributed by atoms with Crippen LogP contribution < -0.4 is 4.43 Å². The van der Waals surface area contributed by atoms with E-state index in [4.69, 9.17) is 4.43 Å². The van der Waals surface area contributed by atoms with E-state index in [0.29, 0.717) is 6.04 Å². The highest BCUT2D eigenvalue weighted by Gasteiger charge is 2.27. The number of hydrogen-bond acceptors (Lipinski definition) is 3. The first-order chi connectivity index (χ1) is 7.97. The van der Waals surface area contributed by atoms with Gasteiger partial charge in [-0.1, -0.05) is 6.07 Å².